The minimum absolute atomic E-state index is 0.305. The van der Waals surface area contributed by atoms with Crippen LogP contribution in [0.25, 0.3) is 0 Å². The van der Waals surface area contributed by atoms with Crippen LogP contribution in [0.1, 0.15) is 10.4 Å². The normalized spacial score (nSPS) is 16.6. The minimum Gasteiger partial charge on any atom is -0.486 e. The monoisotopic (exact) mass is 428 g/mol. The van der Waals surface area contributed by atoms with Crippen LogP contribution in [-0.2, 0) is 4.74 Å². The molecule has 0 aliphatic carbocycles. The Hall–Kier alpha value is -3.17. The van der Waals surface area contributed by atoms with Crippen LogP contribution in [0.5, 0.6) is 11.5 Å². The molecule has 9 heteroatoms. The van der Waals surface area contributed by atoms with E-state index in [0.29, 0.717) is 61.7 Å². The summed E-state index contributed by atoms with van der Waals surface area (Å²) in [5.74, 6) is 0.839. The van der Waals surface area contributed by atoms with Crippen molar-refractivity contribution in [2.24, 2.45) is 4.99 Å². The van der Waals surface area contributed by atoms with Crippen LogP contribution in [0.2, 0.25) is 0 Å². The molecule has 0 unspecified atom stereocenters. The van der Waals surface area contributed by atoms with Gasteiger partial charge >= 0.3 is 0 Å². The number of carbonyl (C=O) groups excluding carboxylic acids is 1. The molecule has 0 aromatic heterocycles. The SMILES string of the molecule is O=C(NC(=NCCN1CCOCC1)Nc1ccc2c(c1)OCCO2)c1ccc(F)cc1. The smallest absolute Gasteiger partial charge is 0.257 e. The zero-order valence-electron chi connectivity index (χ0n) is 17.1. The van der Waals surface area contributed by atoms with Gasteiger partial charge in [0.2, 0.25) is 5.96 Å². The molecule has 2 aromatic carbocycles. The van der Waals surface area contributed by atoms with Gasteiger partial charge < -0.3 is 19.5 Å². The van der Waals surface area contributed by atoms with Crippen molar-refractivity contribution in [3.63, 3.8) is 0 Å². The van der Waals surface area contributed by atoms with E-state index in [1.54, 1.807) is 6.07 Å². The van der Waals surface area contributed by atoms with Crippen LogP contribution in [0.15, 0.2) is 47.5 Å². The Kier molecular flexibility index (Phi) is 6.96. The highest BCUT2D eigenvalue weighted by atomic mass is 19.1. The summed E-state index contributed by atoms with van der Waals surface area (Å²) in [6, 6.07) is 10.8. The van der Waals surface area contributed by atoms with E-state index in [2.05, 4.69) is 20.5 Å². The average molecular weight is 428 g/mol. The Morgan fingerprint density at radius 2 is 1.74 bits per heavy atom. The topological polar surface area (TPSA) is 84.4 Å². The first-order chi connectivity index (χ1) is 15.2. The molecule has 1 saturated heterocycles. The second-order valence-electron chi connectivity index (χ2n) is 7.13. The largest absolute Gasteiger partial charge is 0.486 e. The molecule has 4 rings (SSSR count). The Labute approximate surface area is 180 Å². The van der Waals surface area contributed by atoms with Gasteiger partial charge in [-0.2, -0.15) is 0 Å². The summed E-state index contributed by atoms with van der Waals surface area (Å²) in [5, 5.41) is 5.93. The first-order valence-corrected chi connectivity index (χ1v) is 10.3. The van der Waals surface area contributed by atoms with Gasteiger partial charge in [-0.05, 0) is 36.4 Å². The molecule has 1 fully saturated rings. The van der Waals surface area contributed by atoms with Gasteiger partial charge in [-0.25, -0.2) is 4.39 Å². The molecular formula is C22H25FN4O4. The van der Waals surface area contributed by atoms with E-state index in [1.807, 2.05) is 12.1 Å². The van der Waals surface area contributed by atoms with Gasteiger partial charge in [-0.3, -0.25) is 20.0 Å². The number of hydrogen-bond donors (Lipinski definition) is 2. The lowest BCUT2D eigenvalue weighted by atomic mass is 10.2. The summed E-state index contributed by atoms with van der Waals surface area (Å²) in [7, 11) is 0. The molecule has 164 valence electrons. The first kappa shape index (κ1) is 21.1. The second kappa shape index (κ2) is 10.2. The number of amides is 1. The van der Waals surface area contributed by atoms with Gasteiger partial charge in [-0.15, -0.1) is 0 Å². The second-order valence-corrected chi connectivity index (χ2v) is 7.13. The van der Waals surface area contributed by atoms with Crippen molar-refractivity contribution in [1.82, 2.24) is 10.2 Å². The van der Waals surface area contributed by atoms with Crippen LogP contribution in [0.4, 0.5) is 10.1 Å². The minimum atomic E-state index is -0.398. The number of carbonyl (C=O) groups is 1. The number of nitrogens with one attached hydrogen (secondary N) is 2. The fourth-order valence-electron chi connectivity index (χ4n) is 3.28. The van der Waals surface area contributed by atoms with Crippen molar-refractivity contribution < 1.29 is 23.4 Å². The Balaban J connectivity index is 1.46. The van der Waals surface area contributed by atoms with Crippen molar-refractivity contribution in [3.05, 3.63) is 53.8 Å². The van der Waals surface area contributed by atoms with E-state index in [9.17, 15) is 9.18 Å². The molecule has 8 nitrogen and oxygen atoms in total. The van der Waals surface area contributed by atoms with Crippen LogP contribution in [-0.4, -0.2) is 69.4 Å². The molecule has 0 bridgehead atoms. The first-order valence-electron chi connectivity index (χ1n) is 10.3. The predicted molar refractivity (Wildman–Crippen MR) is 114 cm³/mol. The number of benzene rings is 2. The number of fused-ring (bicyclic) bond motifs is 1. The lowest BCUT2D eigenvalue weighted by molar-refractivity contribution is 0.0394. The zero-order chi connectivity index (χ0) is 21.5. The third-order valence-electron chi connectivity index (χ3n) is 4.93. The Morgan fingerprint density at radius 1 is 1.00 bits per heavy atom. The summed E-state index contributed by atoms with van der Waals surface area (Å²) in [4.78, 5) is 19.4. The molecular weight excluding hydrogens is 403 g/mol. The molecule has 0 radical (unpaired) electrons. The maximum Gasteiger partial charge on any atom is 0.257 e. The lowest BCUT2D eigenvalue weighted by Crippen LogP contribution is -2.39. The maximum absolute atomic E-state index is 13.2. The molecule has 0 saturated carbocycles. The Bertz CT molecular complexity index is 930. The van der Waals surface area contributed by atoms with Crippen LogP contribution in [0.3, 0.4) is 0 Å². The van der Waals surface area contributed by atoms with Crippen LogP contribution >= 0.6 is 0 Å². The highest BCUT2D eigenvalue weighted by Gasteiger charge is 2.15. The van der Waals surface area contributed by atoms with Crippen LogP contribution < -0.4 is 20.1 Å². The number of halogens is 1. The maximum atomic E-state index is 13.2. The van der Waals surface area contributed by atoms with Gasteiger partial charge in [0.15, 0.2) is 11.5 Å². The number of hydrogen-bond acceptors (Lipinski definition) is 6. The van der Waals surface area contributed by atoms with Gasteiger partial charge in [0.1, 0.15) is 19.0 Å². The molecule has 2 aromatic rings. The summed E-state index contributed by atoms with van der Waals surface area (Å²) < 4.78 is 29.7. The zero-order valence-corrected chi connectivity index (χ0v) is 17.1. The van der Waals surface area contributed by atoms with Gasteiger partial charge in [-0.1, -0.05) is 0 Å². The molecule has 31 heavy (non-hydrogen) atoms. The number of morpholine rings is 1. The third kappa shape index (κ3) is 5.93. The fraction of sp³-hybridized carbons (Fsp3) is 0.364. The number of nitrogens with zero attached hydrogens (tertiary/aromatic N) is 2. The third-order valence-corrected chi connectivity index (χ3v) is 4.93. The quantitative estimate of drug-likeness (QED) is 0.561. The Morgan fingerprint density at radius 3 is 2.52 bits per heavy atom. The molecule has 2 heterocycles. The number of ether oxygens (including phenoxy) is 3. The fourth-order valence-corrected chi connectivity index (χ4v) is 3.28. The van der Waals surface area contributed by atoms with Gasteiger partial charge in [0, 0.05) is 37.0 Å². The number of anilines is 1. The number of aliphatic imine (C=N–C) groups is 1. The summed E-state index contributed by atoms with van der Waals surface area (Å²) in [6.07, 6.45) is 0. The van der Waals surface area contributed by atoms with Crippen molar-refractivity contribution in [3.8, 4) is 11.5 Å². The van der Waals surface area contributed by atoms with Crippen molar-refractivity contribution in [1.29, 1.82) is 0 Å². The van der Waals surface area contributed by atoms with Gasteiger partial charge in [0.25, 0.3) is 5.91 Å². The average Bonchev–Trinajstić information content (AvgIpc) is 2.80. The standard InChI is InChI=1S/C22H25FN4O4/c23-17-3-1-16(2-4-17)21(28)26-22(24-7-8-27-9-11-29-12-10-27)25-18-5-6-19-20(15-18)31-14-13-30-19/h1-6,15H,7-14H2,(H2,24,25,26,28). The van der Waals surface area contributed by atoms with E-state index in [4.69, 9.17) is 14.2 Å². The molecule has 2 N–H and O–H groups in total. The van der Waals surface area contributed by atoms with E-state index in [1.165, 1.54) is 24.3 Å². The van der Waals surface area contributed by atoms with Crippen molar-refractivity contribution >= 4 is 17.6 Å². The van der Waals surface area contributed by atoms with E-state index in [0.717, 1.165) is 19.6 Å². The van der Waals surface area contributed by atoms with Crippen molar-refractivity contribution in [2.75, 3.05) is 57.9 Å². The van der Waals surface area contributed by atoms with Crippen molar-refractivity contribution in [2.45, 2.75) is 0 Å². The lowest BCUT2D eigenvalue weighted by Gasteiger charge is -2.25. The number of rotatable bonds is 5. The number of guanidine groups is 1. The summed E-state index contributed by atoms with van der Waals surface area (Å²) >= 11 is 0. The molecule has 2 aliphatic rings. The molecule has 0 atom stereocenters. The van der Waals surface area contributed by atoms with E-state index < -0.39 is 5.82 Å². The molecule has 0 spiro atoms. The molecule has 2 aliphatic heterocycles. The summed E-state index contributed by atoms with van der Waals surface area (Å²) in [5.41, 5.74) is 1.04. The highest BCUT2D eigenvalue weighted by molar-refractivity contribution is 6.10. The predicted octanol–water partition coefficient (Wildman–Crippen LogP) is 2.13. The van der Waals surface area contributed by atoms with E-state index in [-0.39, 0.29) is 5.91 Å². The molecule has 1 amide bonds. The highest BCUT2D eigenvalue weighted by Crippen LogP contribution is 2.32. The van der Waals surface area contributed by atoms with Crippen LogP contribution in [0, 0.1) is 5.82 Å². The summed E-state index contributed by atoms with van der Waals surface area (Å²) in [6.45, 7) is 5.41. The van der Waals surface area contributed by atoms with Gasteiger partial charge in [0.05, 0.1) is 19.8 Å². The van der Waals surface area contributed by atoms with E-state index >= 15 is 0 Å².